The Kier molecular flexibility index (Phi) is 6.68. The molecule has 0 fully saturated rings. The summed E-state index contributed by atoms with van der Waals surface area (Å²) >= 11 is 1.13. The van der Waals surface area contributed by atoms with Gasteiger partial charge in [-0.1, -0.05) is 6.07 Å². The monoisotopic (exact) mass is 380 g/mol. The number of likely N-dealkylation sites (N-methyl/N-ethyl adjacent to an activating group) is 2. The Labute approximate surface area is 154 Å². The van der Waals surface area contributed by atoms with E-state index in [4.69, 9.17) is 4.74 Å². The van der Waals surface area contributed by atoms with Gasteiger partial charge < -0.3 is 15.0 Å². The van der Waals surface area contributed by atoms with E-state index in [9.17, 15) is 18.8 Å². The van der Waals surface area contributed by atoms with Crippen LogP contribution in [0.3, 0.4) is 0 Å². The van der Waals surface area contributed by atoms with Crippen LogP contribution in [0.5, 0.6) is 0 Å². The molecule has 2 rings (SSSR count). The van der Waals surface area contributed by atoms with Gasteiger partial charge in [0.25, 0.3) is 5.91 Å². The molecule has 0 saturated carbocycles. The molecule has 1 aromatic heterocycles. The van der Waals surface area contributed by atoms with Crippen molar-refractivity contribution >= 4 is 39.2 Å². The summed E-state index contributed by atoms with van der Waals surface area (Å²) < 4.78 is 19.7. The standard InChI is InChI=1S/C18H21FN2O4S/c1-4-20-14(22)9-21(5-2)15(23)10-25-18(24)17-11(3)16-12(19)7-6-8-13(16)26-17/h6-8H,4-5,9-10H2,1-3H3,(H,20,22). The van der Waals surface area contributed by atoms with Crippen LogP contribution >= 0.6 is 11.3 Å². The number of nitrogens with one attached hydrogen (secondary N) is 1. The lowest BCUT2D eigenvalue weighted by Gasteiger charge is -2.19. The average Bonchev–Trinajstić information content (AvgIpc) is 2.95. The molecule has 2 amide bonds. The fourth-order valence-corrected chi connectivity index (χ4v) is 3.65. The molecule has 0 unspecified atom stereocenters. The number of nitrogens with zero attached hydrogens (tertiary/aromatic N) is 1. The third kappa shape index (κ3) is 4.37. The van der Waals surface area contributed by atoms with Crippen molar-refractivity contribution < 1.29 is 23.5 Å². The van der Waals surface area contributed by atoms with E-state index in [1.807, 2.05) is 0 Å². The van der Waals surface area contributed by atoms with E-state index in [1.54, 1.807) is 32.9 Å². The largest absolute Gasteiger partial charge is 0.451 e. The molecule has 0 aliphatic rings. The highest BCUT2D eigenvalue weighted by atomic mass is 32.1. The molecule has 6 nitrogen and oxygen atoms in total. The quantitative estimate of drug-likeness (QED) is 0.749. The molecule has 0 bridgehead atoms. The molecule has 2 aromatic rings. The van der Waals surface area contributed by atoms with Crippen LogP contribution in [0.4, 0.5) is 4.39 Å². The molecule has 1 N–H and O–H groups in total. The molecule has 1 heterocycles. The Balaban J connectivity index is 2.04. The van der Waals surface area contributed by atoms with Crippen molar-refractivity contribution in [3.05, 3.63) is 34.5 Å². The van der Waals surface area contributed by atoms with Crippen LogP contribution in [0, 0.1) is 12.7 Å². The minimum absolute atomic E-state index is 0.0894. The first-order valence-electron chi connectivity index (χ1n) is 8.28. The van der Waals surface area contributed by atoms with E-state index in [0.717, 1.165) is 11.3 Å². The Morgan fingerprint density at radius 1 is 1.27 bits per heavy atom. The number of thiophene rings is 1. The highest BCUT2D eigenvalue weighted by molar-refractivity contribution is 7.21. The van der Waals surface area contributed by atoms with Crippen LogP contribution < -0.4 is 5.32 Å². The van der Waals surface area contributed by atoms with Gasteiger partial charge in [-0.15, -0.1) is 11.3 Å². The fraction of sp³-hybridized carbons (Fsp3) is 0.389. The second kappa shape index (κ2) is 8.75. The van der Waals surface area contributed by atoms with Gasteiger partial charge in [0.05, 0.1) is 6.54 Å². The molecule has 0 aliphatic carbocycles. The Morgan fingerprint density at radius 3 is 2.62 bits per heavy atom. The molecule has 0 atom stereocenters. The van der Waals surface area contributed by atoms with Crippen molar-refractivity contribution in [1.82, 2.24) is 10.2 Å². The van der Waals surface area contributed by atoms with Gasteiger partial charge in [0.2, 0.25) is 5.91 Å². The minimum atomic E-state index is -0.675. The molecule has 0 aliphatic heterocycles. The molecular weight excluding hydrogens is 359 g/mol. The lowest BCUT2D eigenvalue weighted by Crippen LogP contribution is -2.42. The summed E-state index contributed by atoms with van der Waals surface area (Å²) in [6.07, 6.45) is 0. The Morgan fingerprint density at radius 2 is 2.00 bits per heavy atom. The molecule has 140 valence electrons. The number of hydrogen-bond acceptors (Lipinski definition) is 5. The third-order valence-electron chi connectivity index (χ3n) is 3.86. The van der Waals surface area contributed by atoms with Crippen molar-refractivity contribution in [2.45, 2.75) is 20.8 Å². The fourth-order valence-electron chi connectivity index (χ4n) is 2.53. The predicted octanol–water partition coefficient (Wildman–Crippen LogP) is 2.49. The lowest BCUT2D eigenvalue weighted by atomic mass is 10.1. The Bertz CT molecular complexity index is 834. The summed E-state index contributed by atoms with van der Waals surface area (Å²) in [6.45, 7) is 5.40. The summed E-state index contributed by atoms with van der Waals surface area (Å²) in [5, 5.41) is 3.00. The van der Waals surface area contributed by atoms with Crippen LogP contribution in [-0.2, 0) is 14.3 Å². The minimum Gasteiger partial charge on any atom is -0.451 e. The predicted molar refractivity (Wildman–Crippen MR) is 97.7 cm³/mol. The third-order valence-corrected chi connectivity index (χ3v) is 5.10. The molecule has 26 heavy (non-hydrogen) atoms. The number of benzene rings is 1. The topological polar surface area (TPSA) is 75.7 Å². The van der Waals surface area contributed by atoms with Gasteiger partial charge in [0.15, 0.2) is 6.61 Å². The van der Waals surface area contributed by atoms with Gasteiger partial charge in [-0.25, -0.2) is 9.18 Å². The van der Waals surface area contributed by atoms with Gasteiger partial charge in [-0.3, -0.25) is 9.59 Å². The zero-order chi connectivity index (χ0) is 19.3. The smallest absolute Gasteiger partial charge is 0.349 e. The zero-order valence-corrected chi connectivity index (χ0v) is 15.7. The molecule has 0 radical (unpaired) electrons. The van der Waals surface area contributed by atoms with Crippen molar-refractivity contribution in [2.75, 3.05) is 26.2 Å². The van der Waals surface area contributed by atoms with Crippen molar-refractivity contribution in [3.8, 4) is 0 Å². The first-order chi connectivity index (χ1) is 12.4. The van der Waals surface area contributed by atoms with E-state index < -0.39 is 24.3 Å². The van der Waals surface area contributed by atoms with E-state index in [0.29, 0.717) is 28.7 Å². The van der Waals surface area contributed by atoms with Gasteiger partial charge in [-0.05, 0) is 38.5 Å². The zero-order valence-electron chi connectivity index (χ0n) is 14.9. The number of halogens is 1. The highest BCUT2D eigenvalue weighted by Gasteiger charge is 2.21. The van der Waals surface area contributed by atoms with Gasteiger partial charge in [-0.2, -0.15) is 0 Å². The first kappa shape index (κ1) is 19.8. The number of carbonyl (C=O) groups excluding carboxylic acids is 3. The number of fused-ring (bicyclic) bond motifs is 1. The van der Waals surface area contributed by atoms with E-state index >= 15 is 0 Å². The van der Waals surface area contributed by atoms with Gasteiger partial charge in [0, 0.05) is 23.2 Å². The van der Waals surface area contributed by atoms with Crippen LogP contribution in [0.15, 0.2) is 18.2 Å². The van der Waals surface area contributed by atoms with Crippen LogP contribution in [0.25, 0.3) is 10.1 Å². The summed E-state index contributed by atoms with van der Waals surface area (Å²) in [6, 6.07) is 4.64. The van der Waals surface area contributed by atoms with E-state index in [2.05, 4.69) is 5.32 Å². The molecule has 8 heteroatoms. The second-order valence-corrected chi connectivity index (χ2v) is 6.66. The van der Waals surface area contributed by atoms with Gasteiger partial charge >= 0.3 is 5.97 Å². The SMILES string of the molecule is CCNC(=O)CN(CC)C(=O)COC(=O)c1sc2cccc(F)c2c1C. The number of hydrogen-bond donors (Lipinski definition) is 1. The number of rotatable bonds is 7. The van der Waals surface area contributed by atoms with Gasteiger partial charge in [0.1, 0.15) is 10.7 Å². The van der Waals surface area contributed by atoms with Crippen LogP contribution in [-0.4, -0.2) is 48.9 Å². The number of esters is 1. The number of amides is 2. The Hall–Kier alpha value is -2.48. The maximum Gasteiger partial charge on any atom is 0.349 e. The second-order valence-electron chi connectivity index (χ2n) is 5.61. The maximum atomic E-state index is 13.9. The molecular formula is C18H21FN2O4S. The van der Waals surface area contributed by atoms with Crippen molar-refractivity contribution in [2.24, 2.45) is 0 Å². The number of ether oxygens (including phenoxy) is 1. The van der Waals surface area contributed by atoms with Crippen molar-refractivity contribution in [1.29, 1.82) is 0 Å². The summed E-state index contributed by atoms with van der Waals surface area (Å²) in [5.41, 5.74) is 0.496. The maximum absolute atomic E-state index is 13.9. The van der Waals surface area contributed by atoms with Crippen LogP contribution in [0.1, 0.15) is 29.1 Å². The lowest BCUT2D eigenvalue weighted by molar-refractivity contribution is -0.138. The van der Waals surface area contributed by atoms with Crippen LogP contribution in [0.2, 0.25) is 0 Å². The summed E-state index contributed by atoms with van der Waals surface area (Å²) in [5.74, 6) is -1.81. The molecule has 0 spiro atoms. The summed E-state index contributed by atoms with van der Waals surface area (Å²) in [7, 11) is 0. The first-order valence-corrected chi connectivity index (χ1v) is 9.09. The molecule has 1 aromatic carbocycles. The molecule has 0 saturated heterocycles. The average molecular weight is 380 g/mol. The normalized spacial score (nSPS) is 10.6. The van der Waals surface area contributed by atoms with E-state index in [-0.39, 0.29) is 17.3 Å². The highest BCUT2D eigenvalue weighted by Crippen LogP contribution is 2.32. The number of carbonyl (C=O) groups is 3. The van der Waals surface area contributed by atoms with E-state index in [1.165, 1.54) is 11.0 Å². The number of aryl methyl sites for hydroxylation is 1. The van der Waals surface area contributed by atoms with Crippen molar-refractivity contribution in [3.63, 3.8) is 0 Å². The summed E-state index contributed by atoms with van der Waals surface area (Å²) in [4.78, 5) is 37.7.